The van der Waals surface area contributed by atoms with E-state index in [0.29, 0.717) is 10.7 Å². The van der Waals surface area contributed by atoms with E-state index in [4.69, 9.17) is 0 Å². The average Bonchev–Trinajstić information content (AvgIpc) is 3.29. The summed E-state index contributed by atoms with van der Waals surface area (Å²) < 4.78 is 41.7. The Hall–Kier alpha value is -3.34. The van der Waals surface area contributed by atoms with E-state index in [0.717, 1.165) is 28.8 Å². The highest BCUT2D eigenvalue weighted by atomic mass is 32.1. The van der Waals surface area contributed by atoms with Crippen LogP contribution in [0.5, 0.6) is 0 Å². The third kappa shape index (κ3) is 3.68. The van der Waals surface area contributed by atoms with Crippen molar-refractivity contribution in [3.63, 3.8) is 0 Å². The van der Waals surface area contributed by atoms with Crippen LogP contribution in [-0.2, 0) is 6.42 Å². The molecule has 1 aromatic carbocycles. The van der Waals surface area contributed by atoms with Crippen molar-refractivity contribution in [1.29, 1.82) is 0 Å². The zero-order valence-corrected chi connectivity index (χ0v) is 16.0. The largest absolute Gasteiger partial charge is 0.297 e. The molecule has 0 aliphatic heterocycles. The Bertz CT molecular complexity index is 1250. The Labute approximate surface area is 166 Å². The summed E-state index contributed by atoms with van der Waals surface area (Å²) in [5, 5.41) is 6.95. The predicted molar refractivity (Wildman–Crippen MR) is 99.4 cm³/mol. The number of thiazole rings is 1. The van der Waals surface area contributed by atoms with E-state index in [2.05, 4.69) is 25.4 Å². The number of benzene rings is 1. The maximum atomic E-state index is 13.8. The fraction of sp³-hybridized carbons (Fsp3) is 0.167. The van der Waals surface area contributed by atoms with Gasteiger partial charge >= 0.3 is 0 Å². The summed E-state index contributed by atoms with van der Waals surface area (Å²) in [5.41, 5.74) is 1.52. The Morgan fingerprint density at radius 3 is 2.76 bits per heavy atom. The van der Waals surface area contributed by atoms with Crippen LogP contribution < -0.4 is 5.32 Å². The van der Waals surface area contributed by atoms with Crippen molar-refractivity contribution >= 4 is 28.2 Å². The highest BCUT2D eigenvalue weighted by molar-refractivity contribution is 7.15. The first-order valence-electron chi connectivity index (χ1n) is 8.41. The molecule has 29 heavy (non-hydrogen) atoms. The molecule has 0 aliphatic carbocycles. The second-order valence-corrected chi connectivity index (χ2v) is 7.40. The normalized spacial score (nSPS) is 11.2. The van der Waals surface area contributed by atoms with Gasteiger partial charge in [-0.25, -0.2) is 27.7 Å². The Kier molecular flexibility index (Phi) is 4.74. The molecule has 0 atom stereocenters. The van der Waals surface area contributed by atoms with Crippen molar-refractivity contribution in [2.75, 3.05) is 5.32 Å². The molecular formula is C18H13F3N6OS. The number of aromatic nitrogens is 5. The lowest BCUT2D eigenvalue weighted by atomic mass is 10.1. The molecule has 1 N–H and O–H groups in total. The van der Waals surface area contributed by atoms with Gasteiger partial charge in [0.25, 0.3) is 11.7 Å². The second kappa shape index (κ2) is 7.24. The van der Waals surface area contributed by atoms with Gasteiger partial charge in [0.15, 0.2) is 22.6 Å². The van der Waals surface area contributed by atoms with E-state index in [-0.39, 0.29) is 22.9 Å². The smallest absolute Gasteiger partial charge is 0.295 e. The minimum absolute atomic E-state index is 0.00553. The molecule has 7 nitrogen and oxygen atoms in total. The second-order valence-electron chi connectivity index (χ2n) is 6.28. The van der Waals surface area contributed by atoms with Crippen molar-refractivity contribution in [2.24, 2.45) is 0 Å². The van der Waals surface area contributed by atoms with E-state index in [9.17, 15) is 18.0 Å². The van der Waals surface area contributed by atoms with Gasteiger partial charge in [-0.05, 0) is 31.5 Å². The number of anilines is 1. The van der Waals surface area contributed by atoms with E-state index in [1.54, 1.807) is 0 Å². The number of nitrogens with zero attached hydrogens (tertiary/aromatic N) is 5. The molecule has 3 aromatic heterocycles. The third-order valence-electron chi connectivity index (χ3n) is 4.08. The number of hydrogen-bond donors (Lipinski definition) is 1. The highest BCUT2D eigenvalue weighted by Crippen LogP contribution is 2.24. The van der Waals surface area contributed by atoms with Gasteiger partial charge < -0.3 is 0 Å². The van der Waals surface area contributed by atoms with Gasteiger partial charge in [-0.1, -0.05) is 6.07 Å². The van der Waals surface area contributed by atoms with Crippen LogP contribution in [-0.4, -0.2) is 30.5 Å². The van der Waals surface area contributed by atoms with Gasteiger partial charge in [0.1, 0.15) is 0 Å². The molecule has 4 aromatic rings. The fourth-order valence-corrected chi connectivity index (χ4v) is 3.58. The zero-order valence-electron chi connectivity index (χ0n) is 15.2. The topological polar surface area (TPSA) is 85.1 Å². The number of amides is 1. The van der Waals surface area contributed by atoms with Crippen LogP contribution in [0.15, 0.2) is 24.4 Å². The van der Waals surface area contributed by atoms with Gasteiger partial charge in [-0.15, -0.1) is 16.4 Å². The maximum absolute atomic E-state index is 13.8. The SMILES string of the molecule is Cc1cc(C)n2nc(C(=O)Nc3ncc(Cc4ccc(F)c(F)c4F)s3)nc2n1. The lowest BCUT2D eigenvalue weighted by molar-refractivity contribution is 0.101. The molecule has 0 saturated heterocycles. The van der Waals surface area contributed by atoms with Crippen LogP contribution in [0.3, 0.4) is 0 Å². The van der Waals surface area contributed by atoms with Crippen molar-refractivity contribution < 1.29 is 18.0 Å². The molecule has 0 saturated carbocycles. The van der Waals surface area contributed by atoms with Crippen molar-refractivity contribution in [3.05, 3.63) is 69.5 Å². The van der Waals surface area contributed by atoms with Gasteiger partial charge in [0.2, 0.25) is 5.82 Å². The van der Waals surface area contributed by atoms with E-state index in [1.807, 2.05) is 19.9 Å². The first-order chi connectivity index (χ1) is 13.8. The molecule has 0 aliphatic rings. The quantitative estimate of drug-likeness (QED) is 0.513. The van der Waals surface area contributed by atoms with Crippen LogP contribution >= 0.6 is 11.3 Å². The first kappa shape index (κ1) is 19.0. The van der Waals surface area contributed by atoms with Gasteiger partial charge in [-0.3, -0.25) is 10.1 Å². The molecule has 0 bridgehead atoms. The van der Waals surface area contributed by atoms with Gasteiger partial charge in [0, 0.05) is 28.9 Å². The summed E-state index contributed by atoms with van der Waals surface area (Å²) >= 11 is 1.08. The molecule has 0 fully saturated rings. The van der Waals surface area contributed by atoms with Crippen LogP contribution in [0.25, 0.3) is 5.78 Å². The molecule has 11 heteroatoms. The zero-order chi connectivity index (χ0) is 20.7. The van der Waals surface area contributed by atoms with E-state index >= 15 is 0 Å². The van der Waals surface area contributed by atoms with E-state index in [1.165, 1.54) is 16.8 Å². The number of rotatable bonds is 4. The minimum Gasteiger partial charge on any atom is -0.295 e. The first-order valence-corrected chi connectivity index (χ1v) is 9.23. The molecule has 0 unspecified atom stereocenters. The average molecular weight is 418 g/mol. The number of halogens is 3. The van der Waals surface area contributed by atoms with Crippen LogP contribution in [0.1, 0.15) is 32.4 Å². The summed E-state index contributed by atoms with van der Waals surface area (Å²) in [6.45, 7) is 3.64. The number of carbonyl (C=O) groups is 1. The molecule has 148 valence electrons. The summed E-state index contributed by atoms with van der Waals surface area (Å²) in [6, 6.07) is 3.85. The van der Waals surface area contributed by atoms with Crippen molar-refractivity contribution in [3.8, 4) is 0 Å². The number of nitrogens with one attached hydrogen (secondary N) is 1. The van der Waals surface area contributed by atoms with Crippen LogP contribution in [0.2, 0.25) is 0 Å². The number of aryl methyl sites for hydroxylation is 2. The molecule has 4 rings (SSSR count). The summed E-state index contributed by atoms with van der Waals surface area (Å²) in [6.07, 6.45) is 1.43. The molecular weight excluding hydrogens is 405 g/mol. The van der Waals surface area contributed by atoms with Crippen LogP contribution in [0, 0.1) is 31.3 Å². The summed E-state index contributed by atoms with van der Waals surface area (Å²) in [4.78, 5) is 25.4. The number of fused-ring (bicyclic) bond motifs is 1. The van der Waals surface area contributed by atoms with Gasteiger partial charge in [-0.2, -0.15) is 4.98 Å². The highest BCUT2D eigenvalue weighted by Gasteiger charge is 2.18. The van der Waals surface area contributed by atoms with Crippen molar-refractivity contribution in [2.45, 2.75) is 20.3 Å². The lowest BCUT2D eigenvalue weighted by Crippen LogP contribution is -2.13. The lowest BCUT2D eigenvalue weighted by Gasteiger charge is -2.02. The monoisotopic (exact) mass is 418 g/mol. The van der Waals surface area contributed by atoms with E-state index < -0.39 is 23.4 Å². The van der Waals surface area contributed by atoms with Crippen LogP contribution in [0.4, 0.5) is 18.3 Å². The molecule has 0 spiro atoms. The maximum Gasteiger partial charge on any atom is 0.297 e. The Morgan fingerprint density at radius 1 is 1.17 bits per heavy atom. The molecule has 1 amide bonds. The Balaban J connectivity index is 1.51. The standard InChI is InChI=1S/C18H13F3N6OS/c1-8-5-9(2)27-17(23-8)24-15(26-27)16(28)25-18-22-7-11(29-18)6-10-3-4-12(19)14(21)13(10)20/h3-5,7H,6H2,1-2H3,(H,22,25,28). The summed E-state index contributed by atoms with van der Waals surface area (Å²) in [5.74, 6) is -4.35. The van der Waals surface area contributed by atoms with Crippen molar-refractivity contribution in [1.82, 2.24) is 24.6 Å². The van der Waals surface area contributed by atoms with Gasteiger partial charge in [0.05, 0.1) is 0 Å². The minimum atomic E-state index is -1.52. The summed E-state index contributed by atoms with van der Waals surface area (Å²) in [7, 11) is 0. The fourth-order valence-electron chi connectivity index (χ4n) is 2.75. The number of hydrogen-bond acceptors (Lipinski definition) is 6. The molecule has 3 heterocycles. The third-order valence-corrected chi connectivity index (χ3v) is 4.99. The Morgan fingerprint density at radius 2 is 1.97 bits per heavy atom. The predicted octanol–water partition coefficient (Wildman–Crippen LogP) is 3.46. The number of carbonyl (C=O) groups excluding carboxylic acids is 1. The molecule has 0 radical (unpaired) electrons.